The number of benzene rings is 1. The number of ether oxygens (including phenoxy) is 1. The molecule has 0 atom stereocenters. The normalized spacial score (nSPS) is 16.7. The minimum Gasteiger partial charge on any atom is -0.416 e. The molecule has 1 fully saturated rings. The summed E-state index contributed by atoms with van der Waals surface area (Å²) in [5.41, 5.74) is 0.594. The molecule has 0 saturated carbocycles. The second-order valence-corrected chi connectivity index (χ2v) is 6.13. The van der Waals surface area contributed by atoms with Crippen LogP contribution in [0.25, 0.3) is 0 Å². The third-order valence-corrected chi connectivity index (χ3v) is 4.52. The van der Waals surface area contributed by atoms with Gasteiger partial charge in [0.05, 0.1) is 26.2 Å². The lowest BCUT2D eigenvalue weighted by Crippen LogP contribution is -2.47. The first-order valence-electron chi connectivity index (χ1n) is 6.57. The van der Waals surface area contributed by atoms with E-state index in [-0.39, 0.29) is 17.8 Å². The molecule has 0 radical (unpaired) electrons. The topological polar surface area (TPSA) is 68.4 Å². The van der Waals surface area contributed by atoms with Crippen LogP contribution in [0.5, 0.6) is 0 Å². The van der Waals surface area contributed by atoms with E-state index in [0.717, 1.165) is 5.56 Å². The Kier molecular flexibility index (Phi) is 4.23. The molecule has 1 N–H and O–H groups in total. The van der Waals surface area contributed by atoms with Crippen LogP contribution in [0.1, 0.15) is 11.5 Å². The summed E-state index contributed by atoms with van der Waals surface area (Å²) < 4.78 is 23.8. The molecule has 5 nitrogen and oxygen atoms in total. The number of hydrogen-bond donors (Lipinski definition) is 1. The zero-order valence-corrected chi connectivity index (χ0v) is 12.1. The fourth-order valence-corrected chi connectivity index (χ4v) is 2.96. The maximum Gasteiger partial charge on any atom is 0.276 e. The van der Waals surface area contributed by atoms with Crippen molar-refractivity contribution in [3.05, 3.63) is 41.5 Å². The molecule has 2 aromatic rings. The van der Waals surface area contributed by atoms with Gasteiger partial charge in [0, 0.05) is 11.2 Å². The number of rotatable bonds is 6. The van der Waals surface area contributed by atoms with Crippen LogP contribution in [0.2, 0.25) is 0 Å². The molecule has 112 valence electrons. The molecule has 1 aliphatic heterocycles. The molecule has 0 unspecified atom stereocenters. The molecule has 0 amide bonds. The van der Waals surface area contributed by atoms with Crippen LogP contribution in [-0.2, 0) is 11.2 Å². The van der Waals surface area contributed by atoms with E-state index in [2.05, 4.69) is 10.2 Å². The third kappa shape index (κ3) is 3.42. The zero-order chi connectivity index (χ0) is 14.7. The van der Waals surface area contributed by atoms with Gasteiger partial charge in [-0.25, -0.2) is 4.39 Å². The highest BCUT2D eigenvalue weighted by Gasteiger charge is 2.38. The highest BCUT2D eigenvalue weighted by molar-refractivity contribution is 7.99. The molecule has 21 heavy (non-hydrogen) atoms. The van der Waals surface area contributed by atoms with Crippen LogP contribution < -0.4 is 0 Å². The molecule has 1 saturated heterocycles. The van der Waals surface area contributed by atoms with Gasteiger partial charge < -0.3 is 14.3 Å². The lowest BCUT2D eigenvalue weighted by atomic mass is 9.90. The quantitative estimate of drug-likeness (QED) is 0.822. The maximum atomic E-state index is 13.1. The van der Waals surface area contributed by atoms with E-state index in [9.17, 15) is 9.50 Å². The lowest BCUT2D eigenvalue weighted by molar-refractivity contribution is -0.121. The van der Waals surface area contributed by atoms with Gasteiger partial charge in [-0.3, -0.25) is 0 Å². The summed E-state index contributed by atoms with van der Waals surface area (Å²) in [7, 11) is 0. The predicted octanol–water partition coefficient (Wildman–Crippen LogP) is 1.90. The summed E-state index contributed by atoms with van der Waals surface area (Å²) in [6.45, 7) is 1.20. The second kappa shape index (κ2) is 6.13. The average molecular weight is 310 g/mol. The molecule has 0 bridgehead atoms. The van der Waals surface area contributed by atoms with Crippen molar-refractivity contribution in [2.24, 2.45) is 5.41 Å². The smallest absolute Gasteiger partial charge is 0.276 e. The predicted molar refractivity (Wildman–Crippen MR) is 74.6 cm³/mol. The fourth-order valence-electron chi connectivity index (χ4n) is 2.02. The fraction of sp³-hybridized carbons (Fsp3) is 0.429. The number of hydrogen-bond acceptors (Lipinski definition) is 6. The molecule has 3 rings (SSSR count). The van der Waals surface area contributed by atoms with Crippen molar-refractivity contribution >= 4 is 11.8 Å². The minimum atomic E-state index is -0.281. The molecule has 7 heteroatoms. The number of thioether (sulfide) groups is 1. The Morgan fingerprint density at radius 1 is 1.33 bits per heavy atom. The van der Waals surface area contributed by atoms with E-state index in [0.29, 0.717) is 36.5 Å². The van der Waals surface area contributed by atoms with E-state index >= 15 is 0 Å². The Hall–Kier alpha value is -1.44. The van der Waals surface area contributed by atoms with Crippen LogP contribution in [0.3, 0.4) is 0 Å². The van der Waals surface area contributed by atoms with Crippen LogP contribution in [0.15, 0.2) is 33.9 Å². The van der Waals surface area contributed by atoms with E-state index in [1.807, 2.05) is 6.07 Å². The SMILES string of the molecule is OCC1(CSc2nnc(Cc3cccc(F)c3)o2)COC1. The Labute approximate surface area is 125 Å². The zero-order valence-electron chi connectivity index (χ0n) is 11.3. The summed E-state index contributed by atoms with van der Waals surface area (Å²) in [6, 6.07) is 6.31. The molecule has 1 aromatic carbocycles. The van der Waals surface area contributed by atoms with Crippen molar-refractivity contribution < 1.29 is 18.7 Å². The lowest BCUT2D eigenvalue weighted by Gasteiger charge is -2.39. The first-order chi connectivity index (χ1) is 10.2. The molecule has 1 aliphatic rings. The van der Waals surface area contributed by atoms with Crippen LogP contribution in [0.4, 0.5) is 4.39 Å². The van der Waals surface area contributed by atoms with Gasteiger partial charge in [-0.05, 0) is 17.7 Å². The van der Waals surface area contributed by atoms with Crippen LogP contribution >= 0.6 is 11.8 Å². The molecule has 2 heterocycles. The van der Waals surface area contributed by atoms with E-state index in [1.165, 1.54) is 23.9 Å². The van der Waals surface area contributed by atoms with Crippen molar-refractivity contribution in [1.82, 2.24) is 10.2 Å². The van der Waals surface area contributed by atoms with Crippen LogP contribution in [-0.4, -0.2) is 40.9 Å². The molecule has 0 spiro atoms. The molecular formula is C14H15FN2O3S. The number of halogens is 1. The Morgan fingerprint density at radius 3 is 2.86 bits per heavy atom. The van der Waals surface area contributed by atoms with Crippen molar-refractivity contribution in [3.8, 4) is 0 Å². The largest absolute Gasteiger partial charge is 0.416 e. The second-order valence-electron chi connectivity index (χ2n) is 5.21. The van der Waals surface area contributed by atoms with Gasteiger partial charge in [0.2, 0.25) is 5.89 Å². The summed E-state index contributed by atoms with van der Waals surface area (Å²) in [6.07, 6.45) is 0.402. The number of aromatic nitrogens is 2. The highest BCUT2D eigenvalue weighted by atomic mass is 32.2. The summed E-state index contributed by atoms with van der Waals surface area (Å²) in [5.74, 6) is 0.841. The van der Waals surface area contributed by atoms with Gasteiger partial charge in [-0.15, -0.1) is 10.2 Å². The first-order valence-corrected chi connectivity index (χ1v) is 7.56. The van der Waals surface area contributed by atoms with E-state index in [1.54, 1.807) is 6.07 Å². The van der Waals surface area contributed by atoms with Crippen molar-refractivity contribution in [1.29, 1.82) is 0 Å². The van der Waals surface area contributed by atoms with Crippen molar-refractivity contribution in [2.45, 2.75) is 11.6 Å². The van der Waals surface area contributed by atoms with Gasteiger partial charge in [0.25, 0.3) is 5.22 Å². The van der Waals surface area contributed by atoms with Gasteiger partial charge in [-0.2, -0.15) is 0 Å². The first kappa shape index (κ1) is 14.5. The number of aliphatic hydroxyl groups is 1. The van der Waals surface area contributed by atoms with Gasteiger partial charge in [-0.1, -0.05) is 23.9 Å². The minimum absolute atomic E-state index is 0.0876. The Morgan fingerprint density at radius 2 is 2.19 bits per heavy atom. The summed E-state index contributed by atoms with van der Waals surface area (Å²) >= 11 is 1.41. The average Bonchev–Trinajstić information content (AvgIpc) is 2.86. The molecular weight excluding hydrogens is 295 g/mol. The van der Waals surface area contributed by atoms with Gasteiger partial charge >= 0.3 is 0 Å². The summed E-state index contributed by atoms with van der Waals surface area (Å²) in [4.78, 5) is 0. The van der Waals surface area contributed by atoms with E-state index in [4.69, 9.17) is 9.15 Å². The third-order valence-electron chi connectivity index (χ3n) is 3.35. The molecule has 1 aromatic heterocycles. The van der Waals surface area contributed by atoms with Crippen molar-refractivity contribution in [3.63, 3.8) is 0 Å². The monoisotopic (exact) mass is 310 g/mol. The standard InChI is InChI=1S/C14H15FN2O3S/c15-11-3-1-2-10(4-11)5-12-16-17-13(20-12)21-9-14(6-18)7-19-8-14/h1-4,18H,5-9H2. The van der Waals surface area contributed by atoms with E-state index < -0.39 is 0 Å². The van der Waals surface area contributed by atoms with Gasteiger partial charge in [0.1, 0.15) is 5.82 Å². The Balaban J connectivity index is 1.58. The highest BCUT2D eigenvalue weighted by Crippen LogP contribution is 2.33. The summed E-state index contributed by atoms with van der Waals surface area (Å²) in [5, 5.41) is 17.7. The molecule has 0 aliphatic carbocycles. The number of aliphatic hydroxyl groups excluding tert-OH is 1. The van der Waals surface area contributed by atoms with Crippen molar-refractivity contribution in [2.75, 3.05) is 25.6 Å². The number of nitrogens with zero attached hydrogens (tertiary/aromatic N) is 2. The van der Waals surface area contributed by atoms with Gasteiger partial charge in [0.15, 0.2) is 0 Å². The Bertz CT molecular complexity index is 610. The van der Waals surface area contributed by atoms with Crippen LogP contribution in [0, 0.1) is 11.2 Å². The maximum absolute atomic E-state index is 13.1.